The molecular weight excluding hydrogens is 151 g/mol. The molecule has 7 heavy (non-hydrogen) atoms. The monoisotopic (exact) mass is 156 g/mol. The maximum atomic E-state index is 8.67. The van der Waals surface area contributed by atoms with Crippen LogP contribution in [0.4, 0.5) is 0 Å². The summed E-state index contributed by atoms with van der Waals surface area (Å²) in [5.74, 6) is 0.376. The van der Waals surface area contributed by atoms with Gasteiger partial charge in [0.2, 0.25) is 0 Å². The summed E-state index contributed by atoms with van der Waals surface area (Å²) < 4.78 is 0. The summed E-state index contributed by atoms with van der Waals surface area (Å²) in [4.78, 5) is 4.01. The van der Waals surface area contributed by atoms with Crippen molar-refractivity contribution in [1.29, 1.82) is 0 Å². The van der Waals surface area contributed by atoms with Gasteiger partial charge >= 0.3 is 48.0 Å². The SMILES string of the molecule is OC1=CC=[As]C=C1. The molecule has 36 valence electrons. The normalized spacial score (nSPS) is 19.1. The Labute approximate surface area is 48.6 Å². The van der Waals surface area contributed by atoms with E-state index in [0.29, 0.717) is 5.76 Å². The van der Waals surface area contributed by atoms with Crippen LogP contribution < -0.4 is 0 Å². The molecule has 0 fully saturated rings. The van der Waals surface area contributed by atoms with Crippen molar-refractivity contribution in [3.63, 3.8) is 0 Å². The molecule has 0 saturated heterocycles. The van der Waals surface area contributed by atoms with Gasteiger partial charge in [-0.1, -0.05) is 0 Å². The van der Waals surface area contributed by atoms with Gasteiger partial charge in [-0.3, -0.25) is 0 Å². The minimum atomic E-state index is 0.264. The first-order valence-electron chi connectivity index (χ1n) is 1.98. The van der Waals surface area contributed by atoms with Crippen molar-refractivity contribution in [2.45, 2.75) is 0 Å². The predicted octanol–water partition coefficient (Wildman–Crippen LogP) is 0.462. The van der Waals surface area contributed by atoms with Crippen molar-refractivity contribution in [2.75, 3.05) is 0 Å². The van der Waals surface area contributed by atoms with Gasteiger partial charge in [0, 0.05) is 0 Å². The fraction of sp³-hybridized carbons (Fsp3) is 0. The second-order valence-electron chi connectivity index (χ2n) is 1.21. The minimum absolute atomic E-state index is 0.264. The van der Waals surface area contributed by atoms with Gasteiger partial charge in [0.15, 0.2) is 0 Å². The molecule has 2 heteroatoms. The molecule has 0 amide bonds. The fourth-order valence-corrected chi connectivity index (χ4v) is 1.55. The van der Waals surface area contributed by atoms with Crippen molar-refractivity contribution in [2.24, 2.45) is 0 Å². The van der Waals surface area contributed by atoms with E-state index in [0.717, 1.165) is 0 Å². The first-order valence-corrected chi connectivity index (χ1v) is 4.15. The number of aliphatic hydroxyl groups is 1. The van der Waals surface area contributed by atoms with Crippen LogP contribution in [0.2, 0.25) is 0 Å². The van der Waals surface area contributed by atoms with Crippen LogP contribution in [-0.2, 0) is 0 Å². The molecule has 1 heterocycles. The Kier molecular flexibility index (Phi) is 1.48. The molecule has 0 bridgehead atoms. The summed E-state index contributed by atoms with van der Waals surface area (Å²) in [5.41, 5.74) is 0. The van der Waals surface area contributed by atoms with Crippen LogP contribution in [0.1, 0.15) is 0 Å². The van der Waals surface area contributed by atoms with Gasteiger partial charge in [-0.05, 0) is 0 Å². The molecule has 0 radical (unpaired) electrons. The van der Waals surface area contributed by atoms with Gasteiger partial charge in [-0.2, -0.15) is 0 Å². The van der Waals surface area contributed by atoms with E-state index in [1.807, 2.05) is 9.67 Å². The second-order valence-corrected chi connectivity index (χ2v) is 3.08. The van der Waals surface area contributed by atoms with Crippen LogP contribution in [0.3, 0.4) is 0 Å². The molecule has 0 aliphatic carbocycles. The number of allylic oxidation sites excluding steroid dienone is 2. The van der Waals surface area contributed by atoms with Crippen molar-refractivity contribution in [1.82, 2.24) is 0 Å². The predicted molar refractivity (Wildman–Crippen MR) is 31.7 cm³/mol. The Morgan fingerprint density at radius 1 is 1.57 bits per heavy atom. The molecule has 0 aromatic carbocycles. The van der Waals surface area contributed by atoms with Crippen LogP contribution in [0, 0.1) is 0 Å². The van der Waals surface area contributed by atoms with Gasteiger partial charge in [0.1, 0.15) is 0 Å². The first kappa shape index (κ1) is 4.86. The van der Waals surface area contributed by atoms with E-state index in [-0.39, 0.29) is 15.3 Å². The Morgan fingerprint density at radius 2 is 2.43 bits per heavy atom. The van der Waals surface area contributed by atoms with E-state index in [1.165, 1.54) is 0 Å². The van der Waals surface area contributed by atoms with Crippen LogP contribution >= 0.6 is 0 Å². The maximum absolute atomic E-state index is 8.67. The van der Waals surface area contributed by atoms with E-state index in [1.54, 1.807) is 12.2 Å². The number of aliphatic hydroxyl groups excluding tert-OH is 1. The van der Waals surface area contributed by atoms with Crippen LogP contribution in [0.5, 0.6) is 0 Å². The number of hydrogen-bond acceptors (Lipinski definition) is 1. The molecule has 1 nitrogen and oxygen atoms in total. The molecule has 0 saturated carbocycles. The molecule has 0 atom stereocenters. The topological polar surface area (TPSA) is 20.2 Å². The molecule has 0 aromatic rings. The summed E-state index contributed by atoms with van der Waals surface area (Å²) >= 11 is 0.264. The van der Waals surface area contributed by atoms with E-state index in [4.69, 9.17) is 5.11 Å². The van der Waals surface area contributed by atoms with Crippen molar-refractivity contribution in [3.8, 4) is 0 Å². The molecule has 1 aliphatic rings. The summed E-state index contributed by atoms with van der Waals surface area (Å²) in [6, 6.07) is 0. The van der Waals surface area contributed by atoms with Crippen LogP contribution in [0.25, 0.3) is 0 Å². The van der Waals surface area contributed by atoms with Gasteiger partial charge in [-0.25, -0.2) is 0 Å². The molecule has 0 unspecified atom stereocenters. The summed E-state index contributed by atoms with van der Waals surface area (Å²) in [6.07, 6.45) is 3.47. The average molecular weight is 156 g/mol. The first-order chi connectivity index (χ1) is 3.39. The summed E-state index contributed by atoms with van der Waals surface area (Å²) in [6.45, 7) is 0. The molecule has 1 N–H and O–H groups in total. The van der Waals surface area contributed by atoms with Crippen LogP contribution in [-0.4, -0.2) is 25.2 Å². The van der Waals surface area contributed by atoms with E-state index >= 15 is 0 Å². The fourth-order valence-electron chi connectivity index (χ4n) is 0.344. The quantitative estimate of drug-likeness (QED) is 0.505. The number of rotatable bonds is 0. The zero-order valence-electron chi connectivity index (χ0n) is 3.70. The van der Waals surface area contributed by atoms with Gasteiger partial charge in [0.25, 0.3) is 0 Å². The van der Waals surface area contributed by atoms with E-state index < -0.39 is 0 Å². The Bertz CT molecular complexity index is 144. The van der Waals surface area contributed by atoms with Crippen LogP contribution in [0.15, 0.2) is 22.8 Å². The van der Waals surface area contributed by atoms with Crippen molar-refractivity contribution in [3.05, 3.63) is 22.8 Å². The zero-order valence-corrected chi connectivity index (χ0v) is 5.58. The van der Waals surface area contributed by atoms with E-state index in [9.17, 15) is 0 Å². The summed E-state index contributed by atoms with van der Waals surface area (Å²) in [5, 5.41) is 8.67. The third kappa shape index (κ3) is 1.32. The third-order valence-electron chi connectivity index (χ3n) is 0.663. The molecule has 0 spiro atoms. The summed E-state index contributed by atoms with van der Waals surface area (Å²) in [7, 11) is 0. The van der Waals surface area contributed by atoms with Gasteiger partial charge in [-0.15, -0.1) is 0 Å². The molecular formula is C5H5AsO. The Hall–Kier alpha value is -0.292. The standard InChI is InChI=1S/C5H5AsO/c7-5-1-3-6-4-2-5/h1-4,7H. The van der Waals surface area contributed by atoms with E-state index in [2.05, 4.69) is 0 Å². The average Bonchev–Trinajstić information content (AvgIpc) is 1.69. The van der Waals surface area contributed by atoms with Gasteiger partial charge < -0.3 is 0 Å². The molecule has 0 aromatic heterocycles. The molecule has 1 rings (SSSR count). The third-order valence-corrected chi connectivity index (χ3v) is 2.01. The second kappa shape index (κ2) is 2.13. The number of hydrogen-bond donors (Lipinski definition) is 1. The molecule has 1 aliphatic heterocycles. The van der Waals surface area contributed by atoms with Crippen molar-refractivity contribution < 1.29 is 5.11 Å². The van der Waals surface area contributed by atoms with Crippen molar-refractivity contribution >= 4 is 20.1 Å². The Balaban J connectivity index is 2.82. The van der Waals surface area contributed by atoms with Gasteiger partial charge in [0.05, 0.1) is 0 Å². The Morgan fingerprint density at radius 3 is 2.71 bits per heavy atom. The zero-order chi connectivity index (χ0) is 5.11.